The van der Waals surface area contributed by atoms with E-state index in [2.05, 4.69) is 0 Å². The van der Waals surface area contributed by atoms with Crippen LogP contribution < -0.4 is 14.2 Å². The molecule has 0 amide bonds. The SMILES string of the molecule is c1ccc(COc2cccc3c2OCO3)cc1. The van der Waals surface area contributed by atoms with E-state index in [1.165, 1.54) is 0 Å². The van der Waals surface area contributed by atoms with Crippen LogP contribution in [-0.4, -0.2) is 6.79 Å². The summed E-state index contributed by atoms with van der Waals surface area (Å²) in [5.74, 6) is 2.17. The molecule has 0 aliphatic carbocycles. The van der Waals surface area contributed by atoms with E-state index in [0.29, 0.717) is 12.4 Å². The maximum atomic E-state index is 5.73. The third kappa shape index (κ3) is 2.04. The highest BCUT2D eigenvalue weighted by atomic mass is 16.7. The first-order valence-corrected chi connectivity index (χ1v) is 5.49. The normalized spacial score (nSPS) is 12.5. The van der Waals surface area contributed by atoms with E-state index >= 15 is 0 Å². The van der Waals surface area contributed by atoms with Gasteiger partial charge in [0, 0.05) is 0 Å². The van der Waals surface area contributed by atoms with Gasteiger partial charge in [-0.1, -0.05) is 36.4 Å². The Kier molecular flexibility index (Phi) is 2.58. The molecule has 0 radical (unpaired) electrons. The second-order valence-electron chi connectivity index (χ2n) is 3.76. The van der Waals surface area contributed by atoms with Gasteiger partial charge in [0.2, 0.25) is 12.5 Å². The summed E-state index contributed by atoms with van der Waals surface area (Å²) in [6.07, 6.45) is 0. The Hall–Kier alpha value is -2.16. The molecule has 17 heavy (non-hydrogen) atoms. The highest BCUT2D eigenvalue weighted by molar-refractivity contribution is 5.52. The van der Waals surface area contributed by atoms with Crippen LogP contribution in [0.3, 0.4) is 0 Å². The number of fused-ring (bicyclic) bond motifs is 1. The molecule has 2 aromatic rings. The molecule has 0 bridgehead atoms. The van der Waals surface area contributed by atoms with Crippen molar-refractivity contribution in [3.05, 3.63) is 54.1 Å². The van der Waals surface area contributed by atoms with E-state index in [1.54, 1.807) is 0 Å². The second kappa shape index (κ2) is 4.37. The number of ether oxygens (including phenoxy) is 3. The molecule has 0 fully saturated rings. The molecule has 1 heterocycles. The first-order chi connectivity index (χ1) is 8.43. The molecule has 0 saturated carbocycles. The zero-order valence-electron chi connectivity index (χ0n) is 9.26. The smallest absolute Gasteiger partial charge is 0.231 e. The maximum Gasteiger partial charge on any atom is 0.231 e. The van der Waals surface area contributed by atoms with Gasteiger partial charge in [0.1, 0.15) is 6.61 Å². The fourth-order valence-electron chi connectivity index (χ4n) is 1.75. The Morgan fingerprint density at radius 3 is 2.71 bits per heavy atom. The average molecular weight is 228 g/mol. The lowest BCUT2D eigenvalue weighted by Crippen LogP contribution is -1.97. The van der Waals surface area contributed by atoms with E-state index in [1.807, 2.05) is 48.5 Å². The molecular formula is C14H12O3. The quantitative estimate of drug-likeness (QED) is 0.808. The van der Waals surface area contributed by atoms with Crippen molar-refractivity contribution in [2.75, 3.05) is 6.79 Å². The zero-order valence-corrected chi connectivity index (χ0v) is 9.26. The first-order valence-electron chi connectivity index (χ1n) is 5.49. The van der Waals surface area contributed by atoms with Gasteiger partial charge in [0.15, 0.2) is 11.5 Å². The van der Waals surface area contributed by atoms with E-state index in [-0.39, 0.29) is 6.79 Å². The number of benzene rings is 2. The van der Waals surface area contributed by atoms with Gasteiger partial charge in [0.25, 0.3) is 0 Å². The van der Waals surface area contributed by atoms with Crippen LogP contribution in [0, 0.1) is 0 Å². The van der Waals surface area contributed by atoms with Gasteiger partial charge in [-0.2, -0.15) is 0 Å². The van der Waals surface area contributed by atoms with E-state index in [0.717, 1.165) is 17.1 Å². The van der Waals surface area contributed by atoms with Crippen LogP contribution in [0.1, 0.15) is 5.56 Å². The van der Waals surface area contributed by atoms with Gasteiger partial charge in [-0.3, -0.25) is 0 Å². The zero-order chi connectivity index (χ0) is 11.5. The van der Waals surface area contributed by atoms with Crippen molar-refractivity contribution < 1.29 is 14.2 Å². The molecule has 0 unspecified atom stereocenters. The summed E-state index contributed by atoms with van der Waals surface area (Å²) in [6.45, 7) is 0.793. The van der Waals surface area contributed by atoms with Crippen LogP contribution in [0.25, 0.3) is 0 Å². The molecule has 86 valence electrons. The van der Waals surface area contributed by atoms with E-state index < -0.39 is 0 Å². The fourth-order valence-corrected chi connectivity index (χ4v) is 1.75. The van der Waals surface area contributed by atoms with Crippen molar-refractivity contribution in [2.24, 2.45) is 0 Å². The van der Waals surface area contributed by atoms with Crippen LogP contribution in [0.4, 0.5) is 0 Å². The minimum atomic E-state index is 0.265. The molecule has 0 atom stereocenters. The molecule has 1 aliphatic rings. The Morgan fingerprint density at radius 2 is 1.82 bits per heavy atom. The van der Waals surface area contributed by atoms with Gasteiger partial charge < -0.3 is 14.2 Å². The van der Waals surface area contributed by atoms with Crippen LogP contribution in [0.2, 0.25) is 0 Å². The van der Waals surface area contributed by atoms with E-state index in [4.69, 9.17) is 14.2 Å². The highest BCUT2D eigenvalue weighted by Gasteiger charge is 2.18. The first kappa shape index (κ1) is 10.0. The van der Waals surface area contributed by atoms with E-state index in [9.17, 15) is 0 Å². The summed E-state index contributed by atoms with van der Waals surface area (Å²) >= 11 is 0. The topological polar surface area (TPSA) is 27.7 Å². The predicted molar refractivity (Wildman–Crippen MR) is 63.3 cm³/mol. The monoisotopic (exact) mass is 228 g/mol. The predicted octanol–water partition coefficient (Wildman–Crippen LogP) is 2.99. The fraction of sp³-hybridized carbons (Fsp3) is 0.143. The van der Waals surface area contributed by atoms with Crippen molar-refractivity contribution in [1.29, 1.82) is 0 Å². The molecule has 0 aromatic heterocycles. The molecular weight excluding hydrogens is 216 g/mol. The number of hydrogen-bond acceptors (Lipinski definition) is 3. The average Bonchev–Trinajstić information content (AvgIpc) is 2.86. The van der Waals surface area contributed by atoms with Crippen molar-refractivity contribution in [3.8, 4) is 17.2 Å². The molecule has 1 aliphatic heterocycles. The second-order valence-corrected chi connectivity index (χ2v) is 3.76. The van der Waals surface area contributed by atoms with Crippen molar-refractivity contribution >= 4 is 0 Å². The summed E-state index contributed by atoms with van der Waals surface area (Å²) in [6, 6.07) is 15.7. The minimum Gasteiger partial charge on any atom is -0.485 e. The molecule has 3 nitrogen and oxygen atoms in total. The lowest BCUT2D eigenvalue weighted by molar-refractivity contribution is 0.169. The Morgan fingerprint density at radius 1 is 0.941 bits per heavy atom. The summed E-state index contributed by atoms with van der Waals surface area (Å²) in [5, 5.41) is 0. The molecule has 2 aromatic carbocycles. The van der Waals surface area contributed by atoms with Gasteiger partial charge >= 0.3 is 0 Å². The summed E-state index contributed by atoms with van der Waals surface area (Å²) in [7, 11) is 0. The lowest BCUT2D eigenvalue weighted by atomic mass is 10.2. The number of hydrogen-bond donors (Lipinski definition) is 0. The maximum absolute atomic E-state index is 5.73. The molecule has 3 heteroatoms. The van der Waals surface area contributed by atoms with Crippen LogP contribution in [0.5, 0.6) is 17.2 Å². The molecule has 0 N–H and O–H groups in total. The Balaban J connectivity index is 1.76. The number of rotatable bonds is 3. The Bertz CT molecular complexity index is 508. The number of para-hydroxylation sites is 1. The largest absolute Gasteiger partial charge is 0.485 e. The highest BCUT2D eigenvalue weighted by Crippen LogP contribution is 2.40. The van der Waals surface area contributed by atoms with Crippen LogP contribution >= 0.6 is 0 Å². The lowest BCUT2D eigenvalue weighted by Gasteiger charge is -2.08. The third-order valence-corrected chi connectivity index (χ3v) is 2.60. The van der Waals surface area contributed by atoms with Crippen molar-refractivity contribution in [3.63, 3.8) is 0 Å². The van der Waals surface area contributed by atoms with Gasteiger partial charge in [-0.15, -0.1) is 0 Å². The molecule has 0 spiro atoms. The Labute approximate surface area is 99.6 Å². The van der Waals surface area contributed by atoms with Gasteiger partial charge in [0.05, 0.1) is 0 Å². The van der Waals surface area contributed by atoms with Gasteiger partial charge in [-0.05, 0) is 17.7 Å². The standard InChI is InChI=1S/C14H12O3/c1-2-5-11(6-3-1)9-15-12-7-4-8-13-14(12)17-10-16-13/h1-8H,9-10H2. The third-order valence-electron chi connectivity index (χ3n) is 2.60. The molecule has 3 rings (SSSR count). The molecule has 0 saturated heterocycles. The minimum absolute atomic E-state index is 0.265. The summed E-state index contributed by atoms with van der Waals surface area (Å²) < 4.78 is 16.4. The van der Waals surface area contributed by atoms with Crippen LogP contribution in [0.15, 0.2) is 48.5 Å². The summed E-state index contributed by atoms with van der Waals surface area (Å²) in [5.41, 5.74) is 1.13. The summed E-state index contributed by atoms with van der Waals surface area (Å²) in [4.78, 5) is 0. The van der Waals surface area contributed by atoms with Crippen molar-refractivity contribution in [1.82, 2.24) is 0 Å². The van der Waals surface area contributed by atoms with Crippen molar-refractivity contribution in [2.45, 2.75) is 6.61 Å². The van der Waals surface area contributed by atoms with Crippen LogP contribution in [-0.2, 0) is 6.61 Å². The van der Waals surface area contributed by atoms with Gasteiger partial charge in [-0.25, -0.2) is 0 Å².